The van der Waals surface area contributed by atoms with Gasteiger partial charge in [0, 0.05) is 18.1 Å². The van der Waals surface area contributed by atoms with Crippen LogP contribution in [0.5, 0.6) is 0 Å². The average molecular weight is 333 g/mol. The van der Waals surface area contributed by atoms with Gasteiger partial charge < -0.3 is 0 Å². The van der Waals surface area contributed by atoms with Crippen molar-refractivity contribution in [1.82, 2.24) is 0 Å². The van der Waals surface area contributed by atoms with Crippen LogP contribution < -0.4 is 4.57 Å². The maximum Gasteiger partial charge on any atom is 0.171 e. The minimum absolute atomic E-state index is 1.19. The predicted octanol–water partition coefficient (Wildman–Crippen LogP) is 7.02. The third-order valence-corrected chi connectivity index (χ3v) is 5.01. The van der Waals surface area contributed by atoms with E-state index in [1.54, 1.807) is 0 Å². The van der Waals surface area contributed by atoms with Crippen molar-refractivity contribution in [2.24, 2.45) is 0 Å². The van der Waals surface area contributed by atoms with Gasteiger partial charge in [-0.3, -0.25) is 0 Å². The third-order valence-electron chi connectivity index (χ3n) is 5.01. The molecule has 1 heteroatoms. The third kappa shape index (κ3) is 11.6. The Morgan fingerprint density at radius 2 is 1.21 bits per heavy atom. The summed E-state index contributed by atoms with van der Waals surface area (Å²) in [4.78, 5) is 0. The molecule has 1 aromatic rings. The summed E-state index contributed by atoms with van der Waals surface area (Å²) >= 11 is 0. The van der Waals surface area contributed by atoms with Crippen molar-refractivity contribution in [2.75, 3.05) is 0 Å². The molecule has 0 atom stereocenters. The Bertz CT molecular complexity index is 385. The Hall–Kier alpha value is -0.850. The summed E-state index contributed by atoms with van der Waals surface area (Å²) in [6.07, 6.45) is 25.5. The number of hydrogen-bond acceptors (Lipinski definition) is 0. The van der Waals surface area contributed by atoms with Crippen molar-refractivity contribution in [2.45, 2.75) is 117 Å². The molecule has 0 aliphatic carbocycles. The fourth-order valence-electron chi connectivity index (χ4n) is 3.38. The van der Waals surface area contributed by atoms with Gasteiger partial charge in [-0.15, -0.1) is 0 Å². The van der Waals surface area contributed by atoms with E-state index < -0.39 is 0 Å². The van der Waals surface area contributed by atoms with Crippen molar-refractivity contribution < 1.29 is 4.57 Å². The van der Waals surface area contributed by atoms with E-state index in [-0.39, 0.29) is 0 Å². The molecule has 1 heterocycles. The molecule has 0 saturated carbocycles. The van der Waals surface area contributed by atoms with Gasteiger partial charge in [-0.2, -0.15) is 0 Å². The van der Waals surface area contributed by atoms with Gasteiger partial charge in [0.1, 0.15) is 6.54 Å². The summed E-state index contributed by atoms with van der Waals surface area (Å²) in [5.41, 5.74) is 1.50. The molecule has 0 radical (unpaired) electrons. The molecule has 0 unspecified atom stereocenters. The Morgan fingerprint density at radius 1 is 0.667 bits per heavy atom. The number of pyridine rings is 1. The van der Waals surface area contributed by atoms with E-state index in [1.165, 1.54) is 108 Å². The first kappa shape index (κ1) is 21.2. The van der Waals surface area contributed by atoms with Crippen molar-refractivity contribution in [3.05, 3.63) is 30.1 Å². The number of aromatic nitrogens is 1. The molecule has 0 amide bonds. The van der Waals surface area contributed by atoms with Gasteiger partial charge in [0.2, 0.25) is 0 Å². The van der Waals surface area contributed by atoms with E-state index in [0.717, 1.165) is 0 Å². The molecule has 0 aliphatic rings. The van der Waals surface area contributed by atoms with Crippen LogP contribution in [0.1, 0.15) is 109 Å². The Kier molecular flexibility index (Phi) is 13.8. The van der Waals surface area contributed by atoms with Gasteiger partial charge in [-0.1, -0.05) is 84.5 Å². The van der Waals surface area contributed by atoms with Gasteiger partial charge in [-0.25, -0.2) is 4.57 Å². The molecule has 24 heavy (non-hydrogen) atoms. The first-order chi connectivity index (χ1) is 11.9. The first-order valence-corrected chi connectivity index (χ1v) is 10.8. The number of aryl methyl sites for hydroxylation is 2. The quantitative estimate of drug-likeness (QED) is 0.226. The number of unbranched alkanes of at least 4 members (excludes halogenated alkanes) is 12. The molecule has 138 valence electrons. The highest BCUT2D eigenvalue weighted by molar-refractivity contribution is 5.05. The summed E-state index contributed by atoms with van der Waals surface area (Å²) in [6, 6.07) is 4.49. The molecule has 1 rings (SSSR count). The highest BCUT2D eigenvalue weighted by Crippen LogP contribution is 2.12. The van der Waals surface area contributed by atoms with Gasteiger partial charge in [0.15, 0.2) is 12.4 Å². The standard InChI is InChI=1S/C23H42N/c1-3-5-7-8-9-10-11-12-13-14-15-16-20-24-21-17-19-23(22-24)18-6-4-2/h17,19,21-22H,3-16,18,20H2,1-2H3/q+1. The average Bonchev–Trinajstić information content (AvgIpc) is 2.61. The maximum absolute atomic E-state index is 2.39. The van der Waals surface area contributed by atoms with Crippen molar-refractivity contribution in [3.63, 3.8) is 0 Å². The zero-order valence-electron chi connectivity index (χ0n) is 16.6. The van der Waals surface area contributed by atoms with Gasteiger partial charge >= 0.3 is 0 Å². The van der Waals surface area contributed by atoms with Gasteiger partial charge in [-0.05, 0) is 25.3 Å². The van der Waals surface area contributed by atoms with Crippen LogP contribution in [-0.4, -0.2) is 0 Å². The Balaban J connectivity index is 1.93. The van der Waals surface area contributed by atoms with Crippen molar-refractivity contribution in [1.29, 1.82) is 0 Å². The van der Waals surface area contributed by atoms with Crippen LogP contribution in [0.4, 0.5) is 0 Å². The lowest BCUT2D eigenvalue weighted by molar-refractivity contribution is -0.697. The summed E-state index contributed by atoms with van der Waals surface area (Å²) in [5.74, 6) is 0. The second-order valence-corrected chi connectivity index (χ2v) is 7.44. The molecule has 0 fully saturated rings. The molecule has 0 N–H and O–H groups in total. The molecule has 0 aliphatic heterocycles. The lowest BCUT2D eigenvalue weighted by Crippen LogP contribution is -2.33. The van der Waals surface area contributed by atoms with E-state index >= 15 is 0 Å². The molecule has 0 bridgehead atoms. The van der Waals surface area contributed by atoms with Crippen molar-refractivity contribution in [3.8, 4) is 0 Å². The summed E-state index contributed by atoms with van der Waals surface area (Å²) in [6.45, 7) is 5.75. The van der Waals surface area contributed by atoms with Crippen LogP contribution in [0.3, 0.4) is 0 Å². The number of rotatable bonds is 16. The van der Waals surface area contributed by atoms with Crippen molar-refractivity contribution >= 4 is 0 Å². The molecule has 1 aromatic heterocycles. The van der Waals surface area contributed by atoms with Crippen LogP contribution in [0.15, 0.2) is 24.5 Å². The molecule has 0 spiro atoms. The molecular weight excluding hydrogens is 290 g/mol. The maximum atomic E-state index is 2.39. The van der Waals surface area contributed by atoms with Gasteiger partial charge in [0.25, 0.3) is 0 Å². The zero-order valence-corrected chi connectivity index (χ0v) is 16.6. The minimum atomic E-state index is 1.19. The van der Waals surface area contributed by atoms with E-state index in [0.29, 0.717) is 0 Å². The first-order valence-electron chi connectivity index (χ1n) is 10.8. The normalized spacial score (nSPS) is 11.1. The fourth-order valence-corrected chi connectivity index (χ4v) is 3.38. The predicted molar refractivity (Wildman–Crippen MR) is 106 cm³/mol. The molecular formula is C23H42N+. The second kappa shape index (κ2) is 15.7. The molecule has 0 aromatic carbocycles. The van der Waals surface area contributed by atoms with Crippen LogP contribution in [-0.2, 0) is 13.0 Å². The highest BCUT2D eigenvalue weighted by Gasteiger charge is 2.02. The minimum Gasteiger partial charge on any atom is -0.205 e. The Labute approximate surface area is 151 Å². The summed E-state index contributed by atoms with van der Waals surface area (Å²) in [5, 5.41) is 0. The van der Waals surface area contributed by atoms with E-state index in [4.69, 9.17) is 0 Å². The summed E-state index contributed by atoms with van der Waals surface area (Å²) < 4.78 is 2.39. The van der Waals surface area contributed by atoms with Crippen LogP contribution in [0, 0.1) is 0 Å². The number of hydrogen-bond donors (Lipinski definition) is 0. The topological polar surface area (TPSA) is 3.88 Å². The monoisotopic (exact) mass is 332 g/mol. The lowest BCUT2D eigenvalue weighted by atomic mass is 10.1. The zero-order chi connectivity index (χ0) is 17.3. The second-order valence-electron chi connectivity index (χ2n) is 7.44. The summed E-state index contributed by atoms with van der Waals surface area (Å²) in [7, 11) is 0. The van der Waals surface area contributed by atoms with E-state index in [2.05, 4.69) is 42.9 Å². The molecule has 1 nitrogen and oxygen atoms in total. The van der Waals surface area contributed by atoms with Gasteiger partial charge in [0.05, 0.1) is 0 Å². The van der Waals surface area contributed by atoms with Crippen LogP contribution >= 0.6 is 0 Å². The lowest BCUT2D eigenvalue weighted by Gasteiger charge is -2.03. The Morgan fingerprint density at radius 3 is 1.79 bits per heavy atom. The largest absolute Gasteiger partial charge is 0.205 e. The molecule has 0 saturated heterocycles. The van der Waals surface area contributed by atoms with Crippen LogP contribution in [0.2, 0.25) is 0 Å². The van der Waals surface area contributed by atoms with E-state index in [9.17, 15) is 0 Å². The number of nitrogens with zero attached hydrogens (tertiary/aromatic N) is 1. The van der Waals surface area contributed by atoms with Crippen LogP contribution in [0.25, 0.3) is 0 Å². The van der Waals surface area contributed by atoms with E-state index in [1.807, 2.05) is 0 Å². The smallest absolute Gasteiger partial charge is 0.171 e. The SMILES string of the molecule is CCCCCCCCCCCCCC[n+]1cccc(CCCC)c1. The highest BCUT2D eigenvalue weighted by atomic mass is 14.9. The fraction of sp³-hybridized carbons (Fsp3) is 0.783.